The van der Waals surface area contributed by atoms with Gasteiger partial charge in [-0.3, -0.25) is 0 Å². The van der Waals surface area contributed by atoms with Crippen molar-refractivity contribution < 1.29 is 21.6 Å². The van der Waals surface area contributed by atoms with Crippen LogP contribution in [0.5, 0.6) is 0 Å². The van der Waals surface area contributed by atoms with Gasteiger partial charge in [-0.05, 0) is 24.3 Å². The van der Waals surface area contributed by atoms with E-state index in [0.29, 0.717) is 22.6 Å². The Kier molecular flexibility index (Phi) is 4.02. The number of fused-ring (bicyclic) bond motifs is 4. The van der Waals surface area contributed by atoms with Crippen LogP contribution in [0.15, 0.2) is 36.4 Å². The topological polar surface area (TPSA) is 106 Å². The number of hydrogen-bond donors (Lipinski definition) is 1. The predicted molar refractivity (Wildman–Crippen MR) is 105 cm³/mol. The van der Waals surface area contributed by atoms with Gasteiger partial charge in [-0.15, -0.1) is 0 Å². The van der Waals surface area contributed by atoms with E-state index < -0.39 is 20.0 Å². The van der Waals surface area contributed by atoms with E-state index in [9.17, 15) is 16.8 Å². The summed E-state index contributed by atoms with van der Waals surface area (Å²) in [6.07, 6.45) is 1.71. The van der Waals surface area contributed by atoms with Gasteiger partial charge in [-0.2, -0.15) is 3.71 Å². The van der Waals surface area contributed by atoms with Crippen LogP contribution in [0.3, 0.4) is 0 Å². The van der Waals surface area contributed by atoms with Crippen molar-refractivity contribution in [3.8, 4) is 0 Å². The molecule has 8 nitrogen and oxygen atoms in total. The Hall–Kier alpha value is -2.43. The summed E-state index contributed by atoms with van der Waals surface area (Å²) in [5.41, 5.74) is 3.10. The van der Waals surface area contributed by atoms with Crippen molar-refractivity contribution in [2.24, 2.45) is 0 Å². The molecule has 0 fully saturated rings. The van der Waals surface area contributed by atoms with Crippen molar-refractivity contribution >= 4 is 53.2 Å². The fraction of sp³-hybridized carbons (Fsp3) is 0.235. The maximum Gasteiger partial charge on any atom is 0.245 e. The van der Waals surface area contributed by atoms with E-state index in [4.69, 9.17) is 4.74 Å². The molecule has 2 heterocycles. The van der Waals surface area contributed by atoms with Crippen molar-refractivity contribution in [1.29, 1.82) is 0 Å². The van der Waals surface area contributed by atoms with E-state index in [2.05, 4.69) is 10.3 Å². The highest BCUT2D eigenvalue weighted by molar-refractivity contribution is 8.09. The average molecular weight is 407 g/mol. The highest BCUT2D eigenvalue weighted by Gasteiger charge is 2.27. The molecule has 0 saturated heterocycles. The molecular formula is C17H17N3O5S2. The third kappa shape index (κ3) is 3.20. The standard InChI is InChI=1S/C17H17N3O5S2/c1-26(21,22)20(27(2,23)24)13-5-3-11-7-12-4-6-15-14(9-25-10-18-15)17(12)19-16(11)8-13/h3-8,18H,9-10H2,1-2H3. The normalized spacial score (nSPS) is 14.7. The largest absolute Gasteiger partial charge is 0.362 e. The highest BCUT2D eigenvalue weighted by atomic mass is 32.3. The Morgan fingerprint density at radius 3 is 2.41 bits per heavy atom. The van der Waals surface area contributed by atoms with Crippen molar-refractivity contribution in [2.75, 3.05) is 28.3 Å². The van der Waals surface area contributed by atoms with Crippen LogP contribution in [0.1, 0.15) is 5.56 Å². The van der Waals surface area contributed by atoms with Gasteiger partial charge in [0, 0.05) is 22.0 Å². The number of nitrogens with zero attached hydrogens (tertiary/aromatic N) is 2. The highest BCUT2D eigenvalue weighted by Crippen LogP contribution is 2.32. The maximum absolute atomic E-state index is 12.0. The molecule has 27 heavy (non-hydrogen) atoms. The number of sulfonamides is 2. The number of ether oxygens (including phenoxy) is 1. The van der Waals surface area contributed by atoms with E-state index in [0.717, 1.165) is 40.1 Å². The Labute approximate surface area is 156 Å². The number of pyridine rings is 1. The first-order valence-electron chi connectivity index (χ1n) is 8.03. The van der Waals surface area contributed by atoms with Crippen LogP contribution in [-0.2, 0) is 31.4 Å². The van der Waals surface area contributed by atoms with E-state index in [1.54, 1.807) is 6.07 Å². The van der Waals surface area contributed by atoms with E-state index in [1.807, 2.05) is 18.2 Å². The quantitative estimate of drug-likeness (QED) is 0.662. The fourth-order valence-electron chi connectivity index (χ4n) is 3.28. The molecule has 3 aromatic rings. The van der Waals surface area contributed by atoms with E-state index in [1.165, 1.54) is 12.1 Å². The Balaban J connectivity index is 1.97. The lowest BCUT2D eigenvalue weighted by atomic mass is 10.0. The Morgan fingerprint density at radius 2 is 1.70 bits per heavy atom. The van der Waals surface area contributed by atoms with Crippen molar-refractivity contribution in [3.63, 3.8) is 0 Å². The molecule has 2 aromatic carbocycles. The maximum atomic E-state index is 12.0. The van der Waals surface area contributed by atoms with Crippen LogP contribution in [0.2, 0.25) is 0 Å². The minimum absolute atomic E-state index is 0.0264. The first kappa shape index (κ1) is 18.0. The van der Waals surface area contributed by atoms with Gasteiger partial charge < -0.3 is 10.1 Å². The van der Waals surface area contributed by atoms with Crippen LogP contribution < -0.4 is 9.03 Å². The number of aromatic nitrogens is 1. The molecule has 0 aliphatic carbocycles. The first-order valence-corrected chi connectivity index (χ1v) is 11.7. The Morgan fingerprint density at radius 1 is 1.00 bits per heavy atom. The SMILES string of the molecule is CS(=O)(=O)N(c1ccc2cc3ccc4c(c3nc2c1)COCN4)S(C)(=O)=O. The van der Waals surface area contributed by atoms with Gasteiger partial charge in [0.25, 0.3) is 0 Å². The number of benzene rings is 2. The van der Waals surface area contributed by atoms with Crippen LogP contribution in [0.25, 0.3) is 21.8 Å². The molecular weight excluding hydrogens is 390 g/mol. The minimum Gasteiger partial charge on any atom is -0.362 e. The van der Waals surface area contributed by atoms with Crippen molar-refractivity contribution in [2.45, 2.75) is 6.61 Å². The fourth-order valence-corrected chi connectivity index (χ4v) is 6.24. The second-order valence-electron chi connectivity index (χ2n) is 6.42. The summed E-state index contributed by atoms with van der Waals surface area (Å²) in [5, 5.41) is 4.84. The second-order valence-corrected chi connectivity index (χ2v) is 10.3. The monoisotopic (exact) mass is 407 g/mol. The number of anilines is 2. The average Bonchev–Trinajstić information content (AvgIpc) is 2.57. The third-order valence-corrected chi connectivity index (χ3v) is 7.55. The van der Waals surface area contributed by atoms with Gasteiger partial charge in [-0.1, -0.05) is 12.1 Å². The number of rotatable bonds is 3. The van der Waals surface area contributed by atoms with Gasteiger partial charge in [0.2, 0.25) is 20.0 Å². The zero-order valence-corrected chi connectivity index (χ0v) is 16.3. The molecule has 0 amide bonds. The summed E-state index contributed by atoms with van der Waals surface area (Å²) in [5.74, 6) is 0. The molecule has 10 heteroatoms. The zero-order valence-electron chi connectivity index (χ0n) is 14.6. The molecule has 1 aromatic heterocycles. The predicted octanol–water partition coefficient (Wildman–Crippen LogP) is 2.01. The van der Waals surface area contributed by atoms with E-state index >= 15 is 0 Å². The molecule has 0 unspecified atom stereocenters. The summed E-state index contributed by atoms with van der Waals surface area (Å²) in [7, 11) is -8.03. The summed E-state index contributed by atoms with van der Waals surface area (Å²) < 4.78 is 53.9. The van der Waals surface area contributed by atoms with Gasteiger partial charge >= 0.3 is 0 Å². The van der Waals surface area contributed by atoms with Crippen LogP contribution >= 0.6 is 0 Å². The smallest absolute Gasteiger partial charge is 0.245 e. The lowest BCUT2D eigenvalue weighted by Gasteiger charge is -2.21. The first-order chi connectivity index (χ1) is 12.6. The van der Waals surface area contributed by atoms with E-state index in [-0.39, 0.29) is 5.69 Å². The summed E-state index contributed by atoms with van der Waals surface area (Å²) in [6, 6.07) is 10.4. The van der Waals surface area contributed by atoms with Gasteiger partial charge in [0.15, 0.2) is 0 Å². The van der Waals surface area contributed by atoms with Crippen LogP contribution in [0, 0.1) is 0 Å². The van der Waals surface area contributed by atoms with Gasteiger partial charge in [0.1, 0.15) is 6.73 Å². The number of hydrogen-bond acceptors (Lipinski definition) is 7. The van der Waals surface area contributed by atoms with Gasteiger partial charge in [0.05, 0.1) is 35.8 Å². The molecule has 1 N–H and O–H groups in total. The molecule has 0 radical (unpaired) electrons. The molecule has 1 aliphatic heterocycles. The second kappa shape index (κ2) is 6.04. The molecule has 4 rings (SSSR count). The Bertz CT molecular complexity index is 1250. The molecule has 0 bridgehead atoms. The molecule has 0 spiro atoms. The lowest BCUT2D eigenvalue weighted by molar-refractivity contribution is 0.131. The van der Waals surface area contributed by atoms with Crippen molar-refractivity contribution in [3.05, 3.63) is 42.0 Å². The third-order valence-electron chi connectivity index (χ3n) is 4.30. The van der Waals surface area contributed by atoms with Gasteiger partial charge in [-0.25, -0.2) is 21.8 Å². The molecule has 1 aliphatic rings. The summed E-state index contributed by atoms with van der Waals surface area (Å²) in [4.78, 5) is 4.66. The van der Waals surface area contributed by atoms with Crippen molar-refractivity contribution in [1.82, 2.24) is 4.98 Å². The lowest BCUT2D eigenvalue weighted by Crippen LogP contribution is -2.35. The summed E-state index contributed by atoms with van der Waals surface area (Å²) >= 11 is 0. The van der Waals surface area contributed by atoms with Crippen LogP contribution in [-0.4, -0.2) is 41.1 Å². The summed E-state index contributed by atoms with van der Waals surface area (Å²) in [6.45, 7) is 0.838. The number of nitrogens with one attached hydrogen (secondary N) is 1. The molecule has 0 saturated carbocycles. The zero-order chi connectivity index (χ0) is 19.4. The molecule has 0 atom stereocenters. The minimum atomic E-state index is -4.01. The van der Waals surface area contributed by atoms with Crippen LogP contribution in [0.4, 0.5) is 11.4 Å². The molecule has 142 valence electrons.